The Morgan fingerprint density at radius 2 is 1.31 bits per heavy atom. The molecule has 0 aromatic rings. The molecule has 0 aliphatic heterocycles. The van der Waals surface area contributed by atoms with Gasteiger partial charge in [0.25, 0.3) is 0 Å². The van der Waals surface area contributed by atoms with E-state index in [0.717, 1.165) is 39.2 Å². The van der Waals surface area contributed by atoms with Crippen molar-refractivity contribution in [3.05, 3.63) is 12.2 Å². The van der Waals surface area contributed by atoms with Crippen molar-refractivity contribution in [2.75, 3.05) is 7.11 Å². The van der Waals surface area contributed by atoms with Crippen molar-refractivity contribution in [1.82, 2.24) is 0 Å². The monoisotopic (exact) mass is 400 g/mol. The van der Waals surface area contributed by atoms with E-state index in [1.165, 1.54) is 44.9 Å². The summed E-state index contributed by atoms with van der Waals surface area (Å²) in [4.78, 5) is 11.3. The fraction of sp³-hybridized carbons (Fsp3) is 0.842. The third-order valence-electron chi connectivity index (χ3n) is 4.04. The summed E-state index contributed by atoms with van der Waals surface area (Å²) in [5.74, 6) is -0.750. The fourth-order valence-electron chi connectivity index (χ4n) is 2.53. The standard InChI is InChI=1S/C19H36O5S.Na.H/c1-3-4-5-6-7-8-9-10-11-12-13-14-15-16-17-18-19(20)24-25(21,22)23-2;;/h10-11H,3-9,12-18H2,1-2H3;;/q;+1;-1/b11-10-;;. The smallest absolute Gasteiger partial charge is 1.00 e. The van der Waals surface area contributed by atoms with E-state index in [4.69, 9.17) is 0 Å². The Kier molecular flexibility index (Phi) is 21.7. The Balaban J connectivity index is -0.00000288. The van der Waals surface area contributed by atoms with Gasteiger partial charge in [-0.2, -0.15) is 8.42 Å². The maximum absolute atomic E-state index is 11.3. The molecule has 5 nitrogen and oxygen atoms in total. The van der Waals surface area contributed by atoms with Crippen molar-refractivity contribution >= 4 is 16.4 Å². The van der Waals surface area contributed by atoms with Crippen molar-refractivity contribution in [3.8, 4) is 0 Å². The first-order valence-corrected chi connectivity index (χ1v) is 11.0. The van der Waals surface area contributed by atoms with Crippen LogP contribution in [0.25, 0.3) is 0 Å². The molecule has 0 aromatic carbocycles. The summed E-state index contributed by atoms with van der Waals surface area (Å²) >= 11 is 0. The molecule has 0 aliphatic rings. The second-order valence-corrected chi connectivity index (χ2v) is 7.68. The first kappa shape index (κ1) is 28.3. The van der Waals surface area contributed by atoms with Crippen molar-refractivity contribution < 1.29 is 52.6 Å². The van der Waals surface area contributed by atoms with Gasteiger partial charge in [-0.05, 0) is 32.1 Å². The van der Waals surface area contributed by atoms with Crippen LogP contribution in [0.1, 0.15) is 98.2 Å². The zero-order chi connectivity index (χ0) is 18.8. The van der Waals surface area contributed by atoms with Gasteiger partial charge in [-0.1, -0.05) is 70.4 Å². The predicted molar refractivity (Wildman–Crippen MR) is 103 cm³/mol. The minimum Gasteiger partial charge on any atom is -1.00 e. The minimum absolute atomic E-state index is 0. The van der Waals surface area contributed by atoms with Crippen LogP contribution in [0.4, 0.5) is 0 Å². The molecule has 0 radical (unpaired) electrons. The van der Waals surface area contributed by atoms with E-state index in [1.807, 2.05) is 0 Å². The second-order valence-electron chi connectivity index (χ2n) is 6.36. The first-order valence-electron chi connectivity index (χ1n) is 9.69. The van der Waals surface area contributed by atoms with Crippen molar-refractivity contribution in [2.24, 2.45) is 0 Å². The van der Waals surface area contributed by atoms with E-state index >= 15 is 0 Å². The van der Waals surface area contributed by atoms with Gasteiger partial charge in [-0.3, -0.25) is 4.79 Å². The normalized spacial score (nSPS) is 11.5. The number of unbranched alkanes of at least 4 members (excludes halogenated alkanes) is 11. The summed E-state index contributed by atoms with van der Waals surface area (Å²) in [5, 5.41) is 0. The Morgan fingerprint density at radius 1 is 0.846 bits per heavy atom. The fourth-order valence-corrected chi connectivity index (χ4v) is 2.91. The molecular weight excluding hydrogens is 363 g/mol. The Bertz CT molecular complexity index is 455. The molecule has 0 atom stereocenters. The van der Waals surface area contributed by atoms with Gasteiger partial charge in [0, 0.05) is 6.42 Å². The average Bonchev–Trinajstić information content (AvgIpc) is 2.58. The van der Waals surface area contributed by atoms with Crippen molar-refractivity contribution in [1.29, 1.82) is 0 Å². The van der Waals surface area contributed by atoms with Crippen LogP contribution in [0.15, 0.2) is 12.2 Å². The van der Waals surface area contributed by atoms with Gasteiger partial charge in [0.1, 0.15) is 0 Å². The van der Waals surface area contributed by atoms with Crippen LogP contribution in [0, 0.1) is 0 Å². The zero-order valence-electron chi connectivity index (χ0n) is 18.0. The number of rotatable bonds is 17. The minimum atomic E-state index is -4.15. The molecule has 0 spiro atoms. The Labute approximate surface area is 184 Å². The van der Waals surface area contributed by atoms with E-state index in [-0.39, 0.29) is 37.4 Å². The number of hydrogen-bond acceptors (Lipinski definition) is 5. The summed E-state index contributed by atoms with van der Waals surface area (Å²) in [5.41, 5.74) is 0. The van der Waals surface area contributed by atoms with E-state index in [2.05, 4.69) is 27.4 Å². The molecule has 0 rings (SSSR count). The SMILES string of the molecule is CCCCCCCC/C=C\CCCCCCCC(=O)OS(=O)(=O)OC.[H-].[Na+]. The third kappa shape index (κ3) is 20.4. The van der Waals surface area contributed by atoms with Crippen molar-refractivity contribution in [2.45, 2.75) is 96.8 Å². The van der Waals surface area contributed by atoms with Crippen LogP contribution in [0.5, 0.6) is 0 Å². The van der Waals surface area contributed by atoms with Gasteiger partial charge < -0.3 is 5.61 Å². The van der Waals surface area contributed by atoms with Crippen LogP contribution in [0.3, 0.4) is 0 Å². The van der Waals surface area contributed by atoms with Gasteiger partial charge in [-0.15, -0.1) is 0 Å². The molecule has 0 N–H and O–H groups in total. The molecule has 0 saturated carbocycles. The molecule has 0 unspecified atom stereocenters. The molecular formula is C19H37NaO5S. The molecule has 0 aliphatic carbocycles. The van der Waals surface area contributed by atoms with Gasteiger partial charge in [0.05, 0.1) is 7.11 Å². The maximum atomic E-state index is 11.3. The van der Waals surface area contributed by atoms with Crippen LogP contribution >= 0.6 is 0 Å². The summed E-state index contributed by atoms with van der Waals surface area (Å²) in [6.07, 6.45) is 19.9. The van der Waals surface area contributed by atoms with Gasteiger partial charge in [-0.25, -0.2) is 4.18 Å². The van der Waals surface area contributed by atoms with Crippen LogP contribution in [-0.2, 0) is 23.6 Å². The summed E-state index contributed by atoms with van der Waals surface area (Å²) in [7, 11) is -3.18. The molecule has 0 amide bonds. The van der Waals surface area contributed by atoms with E-state index in [9.17, 15) is 13.2 Å². The number of carbonyl (C=O) groups excluding carboxylic acids is 1. The van der Waals surface area contributed by atoms with Crippen LogP contribution < -0.4 is 29.6 Å². The molecule has 0 aromatic heterocycles. The van der Waals surface area contributed by atoms with E-state index in [0.29, 0.717) is 6.42 Å². The average molecular weight is 401 g/mol. The predicted octanol–water partition coefficient (Wildman–Crippen LogP) is 2.57. The topological polar surface area (TPSA) is 69.7 Å². The molecule has 0 saturated heterocycles. The molecule has 150 valence electrons. The third-order valence-corrected chi connectivity index (χ3v) is 4.84. The summed E-state index contributed by atoms with van der Waals surface area (Å²) < 4.78 is 30.1. The molecule has 7 heteroatoms. The number of carbonyl (C=O) groups is 1. The van der Waals surface area contributed by atoms with Crippen LogP contribution in [-0.4, -0.2) is 21.5 Å². The van der Waals surface area contributed by atoms with Gasteiger partial charge >= 0.3 is 45.9 Å². The summed E-state index contributed by atoms with van der Waals surface area (Å²) in [6, 6.07) is 0. The maximum Gasteiger partial charge on any atom is 1.00 e. The first-order chi connectivity index (χ1) is 12.0. The summed E-state index contributed by atoms with van der Waals surface area (Å²) in [6.45, 7) is 2.24. The molecule has 26 heavy (non-hydrogen) atoms. The largest absolute Gasteiger partial charge is 1.00 e. The van der Waals surface area contributed by atoms with Gasteiger partial charge in [0.2, 0.25) is 0 Å². The number of hydrogen-bond donors (Lipinski definition) is 0. The molecule has 0 heterocycles. The Morgan fingerprint density at radius 3 is 1.81 bits per heavy atom. The van der Waals surface area contributed by atoms with E-state index < -0.39 is 16.4 Å². The molecule has 0 bridgehead atoms. The second kappa shape index (κ2) is 19.9. The Hall–Kier alpha value is 0.120. The van der Waals surface area contributed by atoms with E-state index in [1.54, 1.807) is 0 Å². The van der Waals surface area contributed by atoms with Crippen LogP contribution in [0.2, 0.25) is 0 Å². The molecule has 0 fully saturated rings. The zero-order valence-corrected chi connectivity index (χ0v) is 19.8. The van der Waals surface area contributed by atoms with Gasteiger partial charge in [0.15, 0.2) is 0 Å². The van der Waals surface area contributed by atoms with Crippen molar-refractivity contribution in [3.63, 3.8) is 0 Å². The number of allylic oxidation sites excluding steroid dienone is 2. The quantitative estimate of drug-likeness (QED) is 0.213.